The zero-order chi connectivity index (χ0) is 31.2. The average molecular weight is 602 g/mol. The molecule has 0 radical (unpaired) electrons. The first kappa shape index (κ1) is 27.0. The summed E-state index contributed by atoms with van der Waals surface area (Å²) in [4.78, 5) is 15.4. The fourth-order valence-corrected chi connectivity index (χ4v) is 6.48. The number of nitrogens with zero attached hydrogens (tertiary/aromatic N) is 3. The van der Waals surface area contributed by atoms with E-state index in [9.17, 15) is 0 Å². The molecule has 2 heterocycles. The van der Waals surface area contributed by atoms with Crippen molar-refractivity contribution in [2.75, 3.05) is 0 Å². The van der Waals surface area contributed by atoms with Crippen molar-refractivity contribution < 1.29 is 4.42 Å². The molecule has 0 atom stereocenters. The fraction of sp³-hybridized carbons (Fsp3) is 0. The van der Waals surface area contributed by atoms with Crippen molar-refractivity contribution >= 4 is 32.7 Å². The maximum absolute atomic E-state index is 6.53. The number of rotatable bonds is 5. The second kappa shape index (κ2) is 11.2. The lowest BCUT2D eigenvalue weighted by molar-refractivity contribution is 0.672. The molecule has 0 amide bonds. The zero-order valence-corrected chi connectivity index (χ0v) is 25.3. The first-order valence-electron chi connectivity index (χ1n) is 15.7. The lowest BCUT2D eigenvalue weighted by Gasteiger charge is -2.14. The summed E-state index contributed by atoms with van der Waals surface area (Å²) in [7, 11) is 0. The molecule has 0 bridgehead atoms. The van der Waals surface area contributed by atoms with Gasteiger partial charge < -0.3 is 4.42 Å². The number of benzene rings is 7. The second-order valence-electron chi connectivity index (χ2n) is 11.6. The van der Waals surface area contributed by atoms with Crippen molar-refractivity contribution in [2.45, 2.75) is 0 Å². The minimum Gasteiger partial charge on any atom is -0.455 e. The maximum atomic E-state index is 6.53. The molecule has 2 aromatic heterocycles. The van der Waals surface area contributed by atoms with E-state index >= 15 is 0 Å². The average Bonchev–Trinajstić information content (AvgIpc) is 3.54. The van der Waals surface area contributed by atoms with Crippen molar-refractivity contribution in [3.8, 4) is 56.4 Å². The van der Waals surface area contributed by atoms with Crippen LogP contribution in [0.4, 0.5) is 0 Å². The van der Waals surface area contributed by atoms with Crippen LogP contribution in [-0.2, 0) is 0 Å². The van der Waals surface area contributed by atoms with Gasteiger partial charge in [0.1, 0.15) is 11.2 Å². The Bertz CT molecular complexity index is 2540. The van der Waals surface area contributed by atoms with Gasteiger partial charge in [-0.1, -0.05) is 152 Å². The molecule has 7 aromatic carbocycles. The Morgan fingerprint density at radius 1 is 0.340 bits per heavy atom. The Morgan fingerprint density at radius 2 is 0.851 bits per heavy atom. The molecule has 220 valence electrons. The molecule has 0 fully saturated rings. The number of fused-ring (bicyclic) bond motifs is 5. The Kier molecular flexibility index (Phi) is 6.43. The summed E-state index contributed by atoms with van der Waals surface area (Å²) >= 11 is 0. The molecule has 0 N–H and O–H groups in total. The van der Waals surface area contributed by atoms with E-state index in [0.29, 0.717) is 17.5 Å². The third-order valence-corrected chi connectivity index (χ3v) is 8.74. The van der Waals surface area contributed by atoms with E-state index in [-0.39, 0.29) is 0 Å². The molecular weight excluding hydrogens is 574 g/mol. The van der Waals surface area contributed by atoms with Gasteiger partial charge in [0.15, 0.2) is 17.5 Å². The molecule has 0 saturated heterocycles. The van der Waals surface area contributed by atoms with Crippen LogP contribution in [0, 0.1) is 0 Å². The summed E-state index contributed by atoms with van der Waals surface area (Å²) in [5.41, 5.74) is 9.01. The van der Waals surface area contributed by atoms with Gasteiger partial charge in [0.2, 0.25) is 0 Å². The smallest absolute Gasteiger partial charge is 0.164 e. The predicted octanol–water partition coefficient (Wildman–Crippen LogP) is 11.3. The molecule has 0 aliphatic heterocycles. The Balaban J connectivity index is 1.34. The lowest BCUT2D eigenvalue weighted by Crippen LogP contribution is -2.01. The molecule has 9 aromatic rings. The summed E-state index contributed by atoms with van der Waals surface area (Å²) in [5.74, 6) is 1.86. The summed E-state index contributed by atoms with van der Waals surface area (Å²) in [6, 6.07) is 56.2. The van der Waals surface area contributed by atoms with Crippen LogP contribution in [0.1, 0.15) is 0 Å². The van der Waals surface area contributed by atoms with Crippen LogP contribution in [0.5, 0.6) is 0 Å². The van der Waals surface area contributed by atoms with Crippen molar-refractivity contribution in [3.05, 3.63) is 164 Å². The largest absolute Gasteiger partial charge is 0.455 e. The molecule has 4 heteroatoms. The van der Waals surface area contributed by atoms with Gasteiger partial charge in [-0.15, -0.1) is 0 Å². The number of hydrogen-bond acceptors (Lipinski definition) is 4. The molecule has 4 nitrogen and oxygen atoms in total. The van der Waals surface area contributed by atoms with Gasteiger partial charge in [-0.25, -0.2) is 15.0 Å². The third kappa shape index (κ3) is 4.75. The first-order chi connectivity index (χ1) is 23.3. The van der Waals surface area contributed by atoms with Crippen LogP contribution < -0.4 is 0 Å². The van der Waals surface area contributed by atoms with Crippen LogP contribution in [0.3, 0.4) is 0 Å². The number of hydrogen-bond donors (Lipinski definition) is 0. The first-order valence-corrected chi connectivity index (χ1v) is 15.7. The molecular formula is C43H27N3O. The minimum atomic E-state index is 0.613. The molecule has 0 saturated carbocycles. The zero-order valence-electron chi connectivity index (χ0n) is 25.3. The Labute approximate surface area is 271 Å². The van der Waals surface area contributed by atoms with Crippen LogP contribution in [0.15, 0.2) is 168 Å². The monoisotopic (exact) mass is 601 g/mol. The molecule has 0 aliphatic rings. The summed E-state index contributed by atoms with van der Waals surface area (Å²) < 4.78 is 6.53. The van der Waals surface area contributed by atoms with E-state index in [1.807, 2.05) is 54.6 Å². The lowest BCUT2D eigenvalue weighted by atomic mass is 9.92. The highest BCUT2D eigenvalue weighted by atomic mass is 16.3. The molecule has 0 unspecified atom stereocenters. The van der Waals surface area contributed by atoms with Crippen LogP contribution in [0.25, 0.3) is 89.1 Å². The van der Waals surface area contributed by atoms with Crippen molar-refractivity contribution in [3.63, 3.8) is 0 Å². The van der Waals surface area contributed by atoms with Gasteiger partial charge in [0.05, 0.1) is 0 Å². The highest BCUT2D eigenvalue weighted by Gasteiger charge is 2.21. The maximum Gasteiger partial charge on any atom is 0.164 e. The quantitative estimate of drug-likeness (QED) is 0.197. The standard InChI is InChI=1S/C43H27N3O/c1-4-13-28(14-5-1)29-23-25-32(26-24-29)42-44-41(31-17-8-3-9-18-31)45-43(46-42)37-27-36-34-19-10-11-22-38(34)47-40(36)35-21-12-20-33(39(35)37)30-15-6-2-7-16-30/h1-27H. The SMILES string of the molecule is c1ccc(-c2ccc(-c3nc(-c4ccccc4)nc(-c4cc5c6ccccc6oc5c5cccc(-c6ccccc6)c45)n3)cc2)cc1. The van der Waals surface area contributed by atoms with Crippen molar-refractivity contribution in [2.24, 2.45) is 0 Å². The molecule has 0 aliphatic carbocycles. The Morgan fingerprint density at radius 3 is 1.55 bits per heavy atom. The second-order valence-corrected chi connectivity index (χ2v) is 11.6. The van der Waals surface area contributed by atoms with Crippen molar-refractivity contribution in [1.29, 1.82) is 0 Å². The van der Waals surface area contributed by atoms with E-state index in [2.05, 4.69) is 109 Å². The number of para-hydroxylation sites is 1. The Hall–Kier alpha value is -6.39. The van der Waals surface area contributed by atoms with Gasteiger partial charge in [-0.2, -0.15) is 0 Å². The van der Waals surface area contributed by atoms with Gasteiger partial charge in [0.25, 0.3) is 0 Å². The summed E-state index contributed by atoms with van der Waals surface area (Å²) in [6.07, 6.45) is 0. The van der Waals surface area contributed by atoms with Crippen molar-refractivity contribution in [1.82, 2.24) is 15.0 Å². The summed E-state index contributed by atoms with van der Waals surface area (Å²) in [5, 5.41) is 4.15. The normalized spacial score (nSPS) is 11.4. The highest BCUT2D eigenvalue weighted by Crippen LogP contribution is 2.43. The van der Waals surface area contributed by atoms with E-state index in [0.717, 1.165) is 66.1 Å². The molecule has 47 heavy (non-hydrogen) atoms. The minimum absolute atomic E-state index is 0.613. The van der Waals surface area contributed by atoms with E-state index in [1.165, 1.54) is 5.56 Å². The van der Waals surface area contributed by atoms with Crippen LogP contribution in [0.2, 0.25) is 0 Å². The fourth-order valence-electron chi connectivity index (χ4n) is 6.48. The van der Waals surface area contributed by atoms with E-state index in [4.69, 9.17) is 19.4 Å². The van der Waals surface area contributed by atoms with Gasteiger partial charge in [0, 0.05) is 38.2 Å². The number of furan rings is 1. The van der Waals surface area contributed by atoms with E-state index < -0.39 is 0 Å². The van der Waals surface area contributed by atoms with Gasteiger partial charge >= 0.3 is 0 Å². The van der Waals surface area contributed by atoms with Gasteiger partial charge in [-0.05, 0) is 34.4 Å². The molecule has 9 rings (SSSR count). The number of aromatic nitrogens is 3. The van der Waals surface area contributed by atoms with Crippen LogP contribution in [-0.4, -0.2) is 15.0 Å². The van der Waals surface area contributed by atoms with E-state index in [1.54, 1.807) is 0 Å². The molecule has 0 spiro atoms. The van der Waals surface area contributed by atoms with Gasteiger partial charge in [-0.3, -0.25) is 0 Å². The topological polar surface area (TPSA) is 51.8 Å². The third-order valence-electron chi connectivity index (χ3n) is 8.74. The van der Waals surface area contributed by atoms with Crippen LogP contribution >= 0.6 is 0 Å². The summed E-state index contributed by atoms with van der Waals surface area (Å²) in [6.45, 7) is 0. The highest BCUT2D eigenvalue weighted by molar-refractivity contribution is 6.21. The predicted molar refractivity (Wildman–Crippen MR) is 192 cm³/mol.